The van der Waals surface area contributed by atoms with Crippen molar-refractivity contribution in [3.05, 3.63) is 21.3 Å². The van der Waals surface area contributed by atoms with E-state index in [1.54, 1.807) is 20.3 Å². The molecule has 0 aromatic heterocycles. The van der Waals surface area contributed by atoms with E-state index in [4.69, 9.17) is 14.2 Å². The quantitative estimate of drug-likeness (QED) is 0.577. The average Bonchev–Trinajstić information content (AvgIpc) is 2.72. The van der Waals surface area contributed by atoms with Gasteiger partial charge in [0, 0.05) is 29.7 Å². The zero-order chi connectivity index (χ0) is 19.2. The van der Waals surface area contributed by atoms with Gasteiger partial charge in [-0.3, -0.25) is 9.69 Å². The van der Waals surface area contributed by atoms with Crippen LogP contribution in [0.4, 0.5) is 0 Å². The van der Waals surface area contributed by atoms with Gasteiger partial charge in [0.05, 0.1) is 33.0 Å². The van der Waals surface area contributed by atoms with Crippen molar-refractivity contribution in [3.63, 3.8) is 0 Å². The Morgan fingerprint density at radius 1 is 1.11 bits per heavy atom. The van der Waals surface area contributed by atoms with Crippen LogP contribution in [0.25, 0.3) is 0 Å². The number of nitrogens with zero attached hydrogens (tertiary/aromatic N) is 2. The number of hydrogen-bond acceptors (Lipinski definition) is 5. The molecule has 0 saturated carbocycles. The van der Waals surface area contributed by atoms with Crippen molar-refractivity contribution < 1.29 is 19.0 Å². The zero-order valence-corrected chi connectivity index (χ0v) is 18.4. The highest BCUT2D eigenvalue weighted by molar-refractivity contribution is 14.1. The van der Waals surface area contributed by atoms with Crippen molar-refractivity contribution >= 4 is 28.5 Å². The van der Waals surface area contributed by atoms with E-state index in [9.17, 15) is 4.79 Å². The summed E-state index contributed by atoms with van der Waals surface area (Å²) in [5.74, 6) is 2.05. The van der Waals surface area contributed by atoms with E-state index in [2.05, 4.69) is 27.5 Å². The van der Waals surface area contributed by atoms with Gasteiger partial charge in [0.15, 0.2) is 11.5 Å². The van der Waals surface area contributed by atoms with Crippen LogP contribution in [-0.2, 0) is 4.74 Å². The maximum Gasteiger partial charge on any atom is 0.255 e. The monoisotopic (exact) mass is 488 g/mol. The van der Waals surface area contributed by atoms with Crippen LogP contribution in [0.2, 0.25) is 0 Å². The van der Waals surface area contributed by atoms with E-state index in [-0.39, 0.29) is 5.91 Å². The molecule has 27 heavy (non-hydrogen) atoms. The molecule has 0 aliphatic carbocycles. The summed E-state index contributed by atoms with van der Waals surface area (Å²) >= 11 is 2.20. The fraction of sp³-hybridized carbons (Fsp3) is 0.650. The summed E-state index contributed by atoms with van der Waals surface area (Å²) in [7, 11) is 3.20. The number of methoxy groups -OCH3 is 2. The van der Waals surface area contributed by atoms with Gasteiger partial charge in [0.2, 0.25) is 0 Å². The minimum atomic E-state index is 0.0898. The smallest absolute Gasteiger partial charge is 0.255 e. The Hall–Kier alpha value is -1.06. The highest BCUT2D eigenvalue weighted by Crippen LogP contribution is 2.32. The van der Waals surface area contributed by atoms with Gasteiger partial charge in [0.25, 0.3) is 5.91 Å². The molecule has 2 saturated heterocycles. The molecule has 6 nitrogen and oxygen atoms in total. The first kappa shape index (κ1) is 20.7. The fourth-order valence-corrected chi connectivity index (χ4v) is 4.47. The van der Waals surface area contributed by atoms with E-state index in [1.807, 2.05) is 11.0 Å². The second kappa shape index (κ2) is 9.93. The minimum absolute atomic E-state index is 0.0898. The maximum absolute atomic E-state index is 13.0. The third kappa shape index (κ3) is 5.26. The summed E-state index contributed by atoms with van der Waals surface area (Å²) in [6.45, 7) is 6.63. The standard InChI is InChI=1S/C20H29IN2O4/c1-25-18-13-16(17(21)14-19(18)26-2)20(24)23-7-4-15(5-8-23)3-6-22-9-11-27-12-10-22/h13-15H,3-12H2,1-2H3. The van der Waals surface area contributed by atoms with Crippen LogP contribution < -0.4 is 9.47 Å². The van der Waals surface area contributed by atoms with Crippen LogP contribution in [0.5, 0.6) is 11.5 Å². The predicted molar refractivity (Wildman–Crippen MR) is 113 cm³/mol. The lowest BCUT2D eigenvalue weighted by molar-refractivity contribution is 0.0332. The molecule has 2 heterocycles. The molecule has 0 radical (unpaired) electrons. The van der Waals surface area contributed by atoms with Crippen LogP contribution in [0.1, 0.15) is 29.6 Å². The van der Waals surface area contributed by atoms with Gasteiger partial charge in [-0.05, 0) is 66.4 Å². The largest absolute Gasteiger partial charge is 0.493 e. The third-order valence-electron chi connectivity index (χ3n) is 5.56. The number of halogens is 1. The van der Waals surface area contributed by atoms with Gasteiger partial charge in [0.1, 0.15) is 0 Å². The summed E-state index contributed by atoms with van der Waals surface area (Å²) in [6.07, 6.45) is 3.38. The number of hydrogen-bond donors (Lipinski definition) is 0. The van der Waals surface area contributed by atoms with E-state index in [0.717, 1.165) is 62.3 Å². The second-order valence-electron chi connectivity index (χ2n) is 7.17. The summed E-state index contributed by atoms with van der Waals surface area (Å²) < 4.78 is 17.0. The summed E-state index contributed by atoms with van der Waals surface area (Å²) in [6, 6.07) is 3.66. The molecule has 3 rings (SSSR count). The number of benzene rings is 1. The van der Waals surface area contributed by atoms with Crippen LogP contribution in [0.3, 0.4) is 0 Å². The van der Waals surface area contributed by atoms with Gasteiger partial charge >= 0.3 is 0 Å². The molecule has 150 valence electrons. The van der Waals surface area contributed by atoms with E-state index in [0.29, 0.717) is 23.0 Å². The Morgan fingerprint density at radius 2 is 1.74 bits per heavy atom. The first-order chi connectivity index (χ1) is 13.1. The number of likely N-dealkylation sites (tertiary alicyclic amines) is 1. The van der Waals surface area contributed by atoms with Gasteiger partial charge in [-0.25, -0.2) is 0 Å². The predicted octanol–water partition coefficient (Wildman–Crippen LogP) is 2.88. The molecule has 0 bridgehead atoms. The number of piperidine rings is 1. The first-order valence-electron chi connectivity index (χ1n) is 9.63. The molecule has 1 aromatic carbocycles. The molecule has 2 aliphatic heterocycles. The number of rotatable bonds is 6. The SMILES string of the molecule is COc1cc(I)c(C(=O)N2CCC(CCN3CCOCC3)CC2)cc1OC. The Morgan fingerprint density at radius 3 is 2.37 bits per heavy atom. The molecule has 1 amide bonds. The number of carbonyl (C=O) groups is 1. The minimum Gasteiger partial charge on any atom is -0.493 e. The summed E-state index contributed by atoms with van der Waals surface area (Å²) in [4.78, 5) is 17.5. The van der Waals surface area contributed by atoms with Crippen LogP contribution in [0, 0.1) is 9.49 Å². The van der Waals surface area contributed by atoms with E-state index in [1.165, 1.54) is 6.42 Å². The molecular formula is C20H29IN2O4. The van der Waals surface area contributed by atoms with E-state index < -0.39 is 0 Å². The van der Waals surface area contributed by atoms with Gasteiger partial charge in [-0.1, -0.05) is 0 Å². The lowest BCUT2D eigenvalue weighted by Gasteiger charge is -2.34. The molecule has 1 aromatic rings. The highest BCUT2D eigenvalue weighted by Gasteiger charge is 2.26. The molecule has 0 spiro atoms. The van der Waals surface area contributed by atoms with Crippen LogP contribution in [-0.4, -0.2) is 75.9 Å². The lowest BCUT2D eigenvalue weighted by atomic mass is 9.93. The molecule has 0 unspecified atom stereocenters. The van der Waals surface area contributed by atoms with Crippen LogP contribution in [0.15, 0.2) is 12.1 Å². The summed E-state index contributed by atoms with van der Waals surface area (Å²) in [5.41, 5.74) is 0.694. The fourth-order valence-electron chi connectivity index (χ4n) is 3.80. The van der Waals surface area contributed by atoms with Crippen molar-refractivity contribution in [2.75, 3.05) is 60.2 Å². The Labute approximate surface area is 175 Å². The molecule has 7 heteroatoms. The Kier molecular flexibility index (Phi) is 7.60. The van der Waals surface area contributed by atoms with E-state index >= 15 is 0 Å². The van der Waals surface area contributed by atoms with Crippen LogP contribution >= 0.6 is 22.6 Å². The van der Waals surface area contributed by atoms with Crippen molar-refractivity contribution in [1.82, 2.24) is 9.80 Å². The average molecular weight is 488 g/mol. The van der Waals surface area contributed by atoms with Gasteiger partial charge in [-0.15, -0.1) is 0 Å². The van der Waals surface area contributed by atoms with Crippen molar-refractivity contribution in [1.29, 1.82) is 0 Å². The third-order valence-corrected chi connectivity index (χ3v) is 6.46. The molecule has 0 atom stereocenters. The molecule has 2 aliphatic rings. The Bertz CT molecular complexity index is 641. The normalized spacial score (nSPS) is 19.1. The topological polar surface area (TPSA) is 51.2 Å². The van der Waals surface area contributed by atoms with Gasteiger partial charge in [-0.2, -0.15) is 0 Å². The summed E-state index contributed by atoms with van der Waals surface area (Å²) in [5, 5.41) is 0. The molecule has 2 fully saturated rings. The lowest BCUT2D eigenvalue weighted by Crippen LogP contribution is -2.41. The second-order valence-corrected chi connectivity index (χ2v) is 8.33. The molecular weight excluding hydrogens is 459 g/mol. The zero-order valence-electron chi connectivity index (χ0n) is 16.2. The number of amides is 1. The maximum atomic E-state index is 13.0. The molecule has 0 N–H and O–H groups in total. The first-order valence-corrected chi connectivity index (χ1v) is 10.7. The highest BCUT2D eigenvalue weighted by atomic mass is 127. The number of morpholine rings is 1. The van der Waals surface area contributed by atoms with Gasteiger partial charge < -0.3 is 19.1 Å². The Balaban J connectivity index is 1.53. The number of ether oxygens (including phenoxy) is 3. The number of carbonyl (C=O) groups excluding carboxylic acids is 1. The van der Waals surface area contributed by atoms with Crippen molar-refractivity contribution in [2.24, 2.45) is 5.92 Å². The van der Waals surface area contributed by atoms with Crippen molar-refractivity contribution in [2.45, 2.75) is 19.3 Å². The van der Waals surface area contributed by atoms with Crippen molar-refractivity contribution in [3.8, 4) is 11.5 Å².